The number of fused-ring (bicyclic) bond motifs is 1. The Labute approximate surface area is 155 Å². The van der Waals surface area contributed by atoms with E-state index in [0.29, 0.717) is 5.84 Å². The number of aryl methyl sites for hydroxylation is 1. The number of aliphatic imine (C=N–C) groups is 1. The molecule has 0 saturated heterocycles. The Morgan fingerprint density at radius 3 is 2.60 bits per heavy atom. The zero-order valence-electron chi connectivity index (χ0n) is 13.9. The summed E-state index contributed by atoms with van der Waals surface area (Å²) in [6.07, 6.45) is 2.74. The molecule has 3 nitrogen and oxygen atoms in total. The Balaban J connectivity index is 2.07. The van der Waals surface area contributed by atoms with Crippen molar-refractivity contribution < 1.29 is 0 Å². The van der Waals surface area contributed by atoms with Crippen LogP contribution < -0.4 is 5.73 Å². The maximum atomic E-state index is 6.33. The van der Waals surface area contributed by atoms with Crippen molar-refractivity contribution >= 4 is 21.8 Å². The molecule has 0 aliphatic carbocycles. The van der Waals surface area contributed by atoms with E-state index in [9.17, 15) is 0 Å². The van der Waals surface area contributed by atoms with Crippen LogP contribution in [0.1, 0.15) is 34.9 Å². The van der Waals surface area contributed by atoms with Crippen molar-refractivity contribution in [3.05, 3.63) is 99.3 Å². The van der Waals surface area contributed by atoms with Crippen LogP contribution in [0.5, 0.6) is 0 Å². The maximum Gasteiger partial charge on any atom is 0.139 e. The number of aromatic nitrogens is 1. The van der Waals surface area contributed by atoms with E-state index in [-0.39, 0.29) is 0 Å². The van der Waals surface area contributed by atoms with Crippen molar-refractivity contribution in [3.63, 3.8) is 0 Å². The highest BCUT2D eigenvalue weighted by molar-refractivity contribution is 9.10. The van der Waals surface area contributed by atoms with Gasteiger partial charge in [0.2, 0.25) is 0 Å². The molecule has 0 amide bonds. The molecule has 1 aliphatic heterocycles. The molecule has 0 bridgehead atoms. The quantitative estimate of drug-likeness (QED) is 0.718. The van der Waals surface area contributed by atoms with Gasteiger partial charge in [0.25, 0.3) is 0 Å². The standard InChI is InChI=1S/C21H18BrN3/c1-2-17-13-15(10-11-24-17)21(14-6-5-7-16(22)12-14)19-9-4-3-8-18(19)20(23)25-21/h3-13H,2H2,1H3,(H2,23,25). The van der Waals surface area contributed by atoms with Crippen molar-refractivity contribution in [1.29, 1.82) is 0 Å². The van der Waals surface area contributed by atoms with Crippen LogP contribution in [-0.4, -0.2) is 10.8 Å². The molecule has 2 aromatic carbocycles. The van der Waals surface area contributed by atoms with E-state index in [1.165, 1.54) is 0 Å². The number of nitrogens with zero attached hydrogens (tertiary/aromatic N) is 2. The fourth-order valence-electron chi connectivity index (χ4n) is 3.54. The topological polar surface area (TPSA) is 51.3 Å². The second-order valence-corrected chi connectivity index (χ2v) is 7.07. The summed E-state index contributed by atoms with van der Waals surface area (Å²) >= 11 is 3.60. The molecule has 4 heteroatoms. The van der Waals surface area contributed by atoms with Crippen LogP contribution in [0.4, 0.5) is 0 Å². The van der Waals surface area contributed by atoms with Crippen LogP contribution >= 0.6 is 15.9 Å². The van der Waals surface area contributed by atoms with Crippen LogP contribution in [0.15, 0.2) is 76.3 Å². The molecule has 3 aromatic rings. The van der Waals surface area contributed by atoms with Gasteiger partial charge in [-0.15, -0.1) is 0 Å². The number of hydrogen-bond donors (Lipinski definition) is 1. The summed E-state index contributed by atoms with van der Waals surface area (Å²) in [5.74, 6) is 0.574. The first-order valence-electron chi connectivity index (χ1n) is 8.32. The van der Waals surface area contributed by atoms with Gasteiger partial charge < -0.3 is 5.73 Å². The smallest absolute Gasteiger partial charge is 0.139 e. The van der Waals surface area contributed by atoms with Gasteiger partial charge in [-0.05, 0) is 47.4 Å². The minimum absolute atomic E-state index is 0.574. The van der Waals surface area contributed by atoms with E-state index in [1.807, 2.05) is 42.6 Å². The highest BCUT2D eigenvalue weighted by Gasteiger charge is 2.42. The summed E-state index contributed by atoms with van der Waals surface area (Å²) < 4.78 is 1.02. The molecular formula is C21H18BrN3. The van der Waals surface area contributed by atoms with Crippen LogP contribution in [0.3, 0.4) is 0 Å². The Hall–Kier alpha value is -2.46. The summed E-state index contributed by atoms with van der Waals surface area (Å²) in [6, 6.07) is 20.7. The third-order valence-electron chi connectivity index (χ3n) is 4.72. The van der Waals surface area contributed by atoms with Gasteiger partial charge in [-0.2, -0.15) is 0 Å². The first-order chi connectivity index (χ1) is 12.1. The minimum atomic E-state index is -0.642. The summed E-state index contributed by atoms with van der Waals surface area (Å²) in [4.78, 5) is 9.45. The fraction of sp³-hybridized carbons (Fsp3) is 0.143. The summed E-state index contributed by atoms with van der Waals surface area (Å²) in [5, 5.41) is 0. The molecule has 1 aromatic heterocycles. The fourth-order valence-corrected chi connectivity index (χ4v) is 3.94. The molecule has 1 unspecified atom stereocenters. The van der Waals surface area contributed by atoms with Crippen molar-refractivity contribution in [2.45, 2.75) is 18.9 Å². The van der Waals surface area contributed by atoms with Crippen LogP contribution in [0.25, 0.3) is 0 Å². The van der Waals surface area contributed by atoms with Crippen LogP contribution in [0, 0.1) is 0 Å². The second kappa shape index (κ2) is 6.12. The number of rotatable bonds is 3. The zero-order chi connectivity index (χ0) is 17.4. The third-order valence-corrected chi connectivity index (χ3v) is 5.21. The molecule has 4 rings (SSSR count). The van der Waals surface area contributed by atoms with Gasteiger partial charge in [0.15, 0.2) is 0 Å². The van der Waals surface area contributed by atoms with E-state index in [1.54, 1.807) is 0 Å². The molecule has 124 valence electrons. The average molecular weight is 392 g/mol. The van der Waals surface area contributed by atoms with Crippen LogP contribution in [0.2, 0.25) is 0 Å². The van der Waals surface area contributed by atoms with Gasteiger partial charge in [-0.3, -0.25) is 4.98 Å². The molecule has 2 N–H and O–H groups in total. The molecule has 25 heavy (non-hydrogen) atoms. The normalized spacial score (nSPS) is 18.7. The molecule has 0 radical (unpaired) electrons. The Morgan fingerprint density at radius 2 is 1.80 bits per heavy atom. The van der Waals surface area contributed by atoms with Gasteiger partial charge in [0.05, 0.1) is 0 Å². The second-order valence-electron chi connectivity index (χ2n) is 6.15. The molecule has 1 atom stereocenters. The van der Waals surface area contributed by atoms with E-state index in [0.717, 1.165) is 38.8 Å². The summed E-state index contributed by atoms with van der Waals surface area (Å²) in [5.41, 5.74) is 11.0. The molecule has 0 fully saturated rings. The summed E-state index contributed by atoms with van der Waals surface area (Å²) in [6.45, 7) is 2.11. The van der Waals surface area contributed by atoms with Gasteiger partial charge in [0, 0.05) is 21.9 Å². The van der Waals surface area contributed by atoms with Gasteiger partial charge in [-0.25, -0.2) is 4.99 Å². The number of halogens is 1. The molecule has 1 aliphatic rings. The van der Waals surface area contributed by atoms with Crippen LogP contribution in [-0.2, 0) is 12.0 Å². The SMILES string of the molecule is CCc1cc(C2(c3cccc(Br)c3)N=C(N)c3ccccc32)ccn1. The largest absolute Gasteiger partial charge is 0.383 e. The highest BCUT2D eigenvalue weighted by Crippen LogP contribution is 2.46. The maximum absolute atomic E-state index is 6.33. The third kappa shape index (κ3) is 2.48. The van der Waals surface area contributed by atoms with Gasteiger partial charge in [0.1, 0.15) is 11.4 Å². The Morgan fingerprint density at radius 1 is 1.00 bits per heavy atom. The van der Waals surface area contributed by atoms with E-state index >= 15 is 0 Å². The average Bonchev–Trinajstić information content (AvgIpc) is 2.96. The van der Waals surface area contributed by atoms with E-state index in [4.69, 9.17) is 10.7 Å². The predicted molar refractivity (Wildman–Crippen MR) is 105 cm³/mol. The highest BCUT2D eigenvalue weighted by atomic mass is 79.9. The Bertz CT molecular complexity index is 980. The number of pyridine rings is 1. The molecule has 2 heterocycles. The van der Waals surface area contributed by atoms with Crippen molar-refractivity contribution in [2.75, 3.05) is 0 Å². The number of benzene rings is 2. The van der Waals surface area contributed by atoms with Crippen molar-refractivity contribution in [1.82, 2.24) is 4.98 Å². The lowest BCUT2D eigenvalue weighted by Crippen LogP contribution is -2.25. The molecule has 0 spiro atoms. The van der Waals surface area contributed by atoms with Gasteiger partial charge >= 0.3 is 0 Å². The predicted octanol–water partition coefficient (Wildman–Crippen LogP) is 4.42. The lowest BCUT2D eigenvalue weighted by atomic mass is 9.77. The Kier molecular flexibility index (Phi) is 3.92. The van der Waals surface area contributed by atoms with E-state index in [2.05, 4.69) is 52.1 Å². The number of nitrogens with two attached hydrogens (primary N) is 1. The van der Waals surface area contributed by atoms with Gasteiger partial charge in [-0.1, -0.05) is 59.3 Å². The molecular weight excluding hydrogens is 374 g/mol. The first-order valence-corrected chi connectivity index (χ1v) is 9.11. The molecule has 0 saturated carbocycles. The monoisotopic (exact) mass is 391 g/mol. The zero-order valence-corrected chi connectivity index (χ0v) is 15.5. The lowest BCUT2D eigenvalue weighted by Gasteiger charge is -2.29. The summed E-state index contributed by atoms with van der Waals surface area (Å²) in [7, 11) is 0. The number of hydrogen-bond acceptors (Lipinski definition) is 3. The minimum Gasteiger partial charge on any atom is -0.383 e. The lowest BCUT2D eigenvalue weighted by molar-refractivity contribution is 0.667. The van der Waals surface area contributed by atoms with Crippen molar-refractivity contribution in [2.24, 2.45) is 10.7 Å². The number of amidine groups is 1. The first kappa shape index (κ1) is 16.0. The van der Waals surface area contributed by atoms with Crippen molar-refractivity contribution in [3.8, 4) is 0 Å². The van der Waals surface area contributed by atoms with E-state index < -0.39 is 5.54 Å².